The summed E-state index contributed by atoms with van der Waals surface area (Å²) >= 11 is 0. The van der Waals surface area contributed by atoms with Crippen LogP contribution in [0.1, 0.15) is 42.7 Å². The van der Waals surface area contributed by atoms with Crippen LogP contribution in [-0.2, 0) is 27.1 Å². The average Bonchev–Trinajstić information content (AvgIpc) is 3.24. The van der Waals surface area contributed by atoms with Crippen molar-refractivity contribution in [3.63, 3.8) is 0 Å². The maximum atomic E-state index is 15.1. The lowest BCUT2D eigenvalue weighted by Gasteiger charge is -2.44. The summed E-state index contributed by atoms with van der Waals surface area (Å²) in [4.78, 5) is 21.7. The third-order valence-corrected chi connectivity index (χ3v) is 6.23. The number of alkyl halides is 7. The van der Waals surface area contributed by atoms with Crippen molar-refractivity contribution < 1.29 is 49.1 Å². The van der Waals surface area contributed by atoms with Crippen LogP contribution in [-0.4, -0.2) is 40.8 Å². The Morgan fingerprint density at radius 2 is 1.73 bits per heavy atom. The third kappa shape index (κ3) is 4.50. The predicted octanol–water partition coefficient (Wildman–Crippen LogP) is 5.62. The van der Waals surface area contributed by atoms with Gasteiger partial charge in [-0.15, -0.1) is 0 Å². The molecular weight excluding hydrogens is 521 g/mol. The zero-order valence-electron chi connectivity index (χ0n) is 19.1. The number of hydrogen-bond donors (Lipinski definition) is 0. The fourth-order valence-corrected chi connectivity index (χ4v) is 4.16. The molecule has 1 aromatic carbocycles. The van der Waals surface area contributed by atoms with E-state index in [0.717, 1.165) is 6.20 Å². The van der Waals surface area contributed by atoms with Crippen LogP contribution in [0.3, 0.4) is 0 Å². The number of carbonyl (C=O) groups excluding carboxylic acids is 1. The summed E-state index contributed by atoms with van der Waals surface area (Å²) in [7, 11) is 0. The molecule has 1 amide bonds. The molecule has 2 aliphatic heterocycles. The third-order valence-electron chi connectivity index (χ3n) is 6.23. The average molecular weight is 539 g/mol. The fraction of sp³-hybridized carbons (Fsp3) is 0.435. The number of rotatable bonds is 4. The molecule has 200 valence electrons. The normalized spacial score (nSPS) is 21.5. The standard InChI is InChI=1S/C23H18F9N3O2/c1-11(2)19(36)35-9-20(26,10-35)17-4-3-12(8-33-17)16-7-21(37-34-16,23(30,31)32)13-5-14(22(27,28)29)18(25)15(24)6-13/h3-6,8,11H,7,9-10H2,1-2H3. The molecule has 0 radical (unpaired) electrons. The van der Waals surface area contributed by atoms with Crippen LogP contribution in [0.2, 0.25) is 0 Å². The van der Waals surface area contributed by atoms with Gasteiger partial charge >= 0.3 is 12.4 Å². The Morgan fingerprint density at radius 3 is 2.24 bits per heavy atom. The van der Waals surface area contributed by atoms with E-state index in [1.54, 1.807) is 13.8 Å². The number of pyridine rings is 1. The minimum absolute atomic E-state index is 0.0223. The second-order valence-corrected chi connectivity index (χ2v) is 9.19. The number of carbonyl (C=O) groups is 1. The molecule has 3 heterocycles. The van der Waals surface area contributed by atoms with Gasteiger partial charge in [-0.3, -0.25) is 9.78 Å². The lowest BCUT2D eigenvalue weighted by Crippen LogP contribution is -2.60. The van der Waals surface area contributed by atoms with E-state index in [9.17, 15) is 39.9 Å². The number of benzene rings is 1. The van der Waals surface area contributed by atoms with E-state index in [4.69, 9.17) is 0 Å². The lowest BCUT2D eigenvalue weighted by molar-refractivity contribution is -0.276. The Morgan fingerprint density at radius 1 is 1.08 bits per heavy atom. The molecule has 2 aliphatic rings. The van der Waals surface area contributed by atoms with Crippen molar-refractivity contribution in [2.45, 2.75) is 43.9 Å². The molecule has 2 aromatic rings. The molecule has 1 atom stereocenters. The van der Waals surface area contributed by atoms with E-state index in [1.165, 1.54) is 17.0 Å². The monoisotopic (exact) mass is 539 g/mol. The number of amides is 1. The Balaban J connectivity index is 1.60. The van der Waals surface area contributed by atoms with Crippen molar-refractivity contribution in [3.8, 4) is 0 Å². The minimum Gasteiger partial charge on any atom is -0.374 e. The van der Waals surface area contributed by atoms with E-state index >= 15 is 4.39 Å². The first-order valence-corrected chi connectivity index (χ1v) is 10.8. The van der Waals surface area contributed by atoms with Gasteiger partial charge in [0.25, 0.3) is 5.60 Å². The van der Waals surface area contributed by atoms with Crippen molar-refractivity contribution in [2.24, 2.45) is 11.1 Å². The molecule has 0 bridgehead atoms. The molecule has 1 unspecified atom stereocenters. The molecule has 0 aliphatic carbocycles. The van der Waals surface area contributed by atoms with Gasteiger partial charge in [0.05, 0.1) is 36.5 Å². The first kappa shape index (κ1) is 26.7. The number of hydrogen-bond acceptors (Lipinski definition) is 4. The number of halogens is 9. The largest absolute Gasteiger partial charge is 0.435 e. The highest BCUT2D eigenvalue weighted by Gasteiger charge is 2.63. The van der Waals surface area contributed by atoms with Crippen molar-refractivity contribution in [3.05, 3.63) is 64.5 Å². The molecule has 4 rings (SSSR count). The van der Waals surface area contributed by atoms with Crippen LogP contribution >= 0.6 is 0 Å². The topological polar surface area (TPSA) is 54.8 Å². The van der Waals surface area contributed by atoms with Gasteiger partial charge in [0.1, 0.15) is 0 Å². The van der Waals surface area contributed by atoms with Gasteiger partial charge in [-0.2, -0.15) is 26.3 Å². The second kappa shape index (κ2) is 8.62. The Labute approximate surface area is 203 Å². The highest BCUT2D eigenvalue weighted by atomic mass is 19.4. The van der Waals surface area contributed by atoms with Crippen molar-refractivity contribution in [1.82, 2.24) is 9.88 Å². The first-order valence-electron chi connectivity index (χ1n) is 10.8. The number of likely N-dealkylation sites (tertiary alicyclic amines) is 1. The zero-order valence-corrected chi connectivity index (χ0v) is 19.1. The Bertz CT molecular complexity index is 1250. The molecule has 14 heteroatoms. The van der Waals surface area contributed by atoms with Crippen molar-refractivity contribution in [2.75, 3.05) is 13.1 Å². The van der Waals surface area contributed by atoms with E-state index < -0.39 is 58.5 Å². The summed E-state index contributed by atoms with van der Waals surface area (Å²) in [5.41, 5.74) is -9.62. The second-order valence-electron chi connectivity index (χ2n) is 9.19. The minimum atomic E-state index is -5.48. The molecule has 1 fully saturated rings. The van der Waals surface area contributed by atoms with Crippen LogP contribution in [0.5, 0.6) is 0 Å². The molecule has 1 saturated heterocycles. The van der Waals surface area contributed by atoms with Gasteiger partial charge in [0, 0.05) is 23.2 Å². The maximum absolute atomic E-state index is 15.1. The molecule has 0 spiro atoms. The summed E-state index contributed by atoms with van der Waals surface area (Å²) in [6.45, 7) is 2.80. The number of oxime groups is 1. The molecule has 0 N–H and O–H groups in total. The Hall–Kier alpha value is -3.32. The number of nitrogens with zero attached hydrogens (tertiary/aromatic N) is 3. The highest BCUT2D eigenvalue weighted by Crippen LogP contribution is 2.50. The summed E-state index contributed by atoms with van der Waals surface area (Å²) < 4.78 is 124. The smallest absolute Gasteiger partial charge is 0.374 e. The summed E-state index contributed by atoms with van der Waals surface area (Å²) in [6.07, 6.45) is -11.0. The van der Waals surface area contributed by atoms with Crippen LogP contribution in [0, 0.1) is 17.6 Å². The zero-order chi connectivity index (χ0) is 27.6. The summed E-state index contributed by atoms with van der Waals surface area (Å²) in [5, 5.41) is 3.34. The highest BCUT2D eigenvalue weighted by molar-refractivity contribution is 6.01. The van der Waals surface area contributed by atoms with E-state index in [1.807, 2.05) is 0 Å². The quantitative estimate of drug-likeness (QED) is 0.474. The molecule has 37 heavy (non-hydrogen) atoms. The van der Waals surface area contributed by atoms with Crippen LogP contribution in [0.4, 0.5) is 39.5 Å². The van der Waals surface area contributed by atoms with Gasteiger partial charge in [-0.05, 0) is 24.3 Å². The van der Waals surface area contributed by atoms with Crippen LogP contribution in [0.15, 0.2) is 35.6 Å². The van der Waals surface area contributed by atoms with E-state index in [-0.39, 0.29) is 48.3 Å². The van der Waals surface area contributed by atoms with E-state index in [0.29, 0.717) is 0 Å². The van der Waals surface area contributed by atoms with Gasteiger partial charge in [-0.1, -0.05) is 19.0 Å². The van der Waals surface area contributed by atoms with Gasteiger partial charge in [-0.25, -0.2) is 13.2 Å². The Kier molecular flexibility index (Phi) is 6.23. The molecular formula is C23H18F9N3O2. The summed E-state index contributed by atoms with van der Waals surface area (Å²) in [6, 6.07) is 2.18. The van der Waals surface area contributed by atoms with E-state index in [2.05, 4.69) is 15.0 Å². The lowest BCUT2D eigenvalue weighted by atomic mass is 9.85. The van der Waals surface area contributed by atoms with Crippen LogP contribution in [0.25, 0.3) is 0 Å². The first-order chi connectivity index (χ1) is 17.0. The molecule has 5 nitrogen and oxygen atoms in total. The van der Waals surface area contributed by atoms with Gasteiger partial charge in [0.15, 0.2) is 17.3 Å². The fourth-order valence-electron chi connectivity index (χ4n) is 4.16. The van der Waals surface area contributed by atoms with Gasteiger partial charge < -0.3 is 9.74 Å². The van der Waals surface area contributed by atoms with Crippen molar-refractivity contribution >= 4 is 11.6 Å². The molecule has 0 saturated carbocycles. The van der Waals surface area contributed by atoms with Crippen molar-refractivity contribution in [1.29, 1.82) is 0 Å². The number of aromatic nitrogens is 1. The molecule has 1 aromatic heterocycles. The van der Waals surface area contributed by atoms with Gasteiger partial charge in [0.2, 0.25) is 5.91 Å². The SMILES string of the molecule is CC(C)C(=O)N1CC(F)(c2ccc(C3=NOC(c4cc(F)c(F)c(C(F)(F)F)c4)(C(F)(F)F)C3)cn2)C1. The maximum Gasteiger partial charge on any atom is 0.435 e. The summed E-state index contributed by atoms with van der Waals surface area (Å²) in [5.74, 6) is -5.08. The van der Waals surface area contributed by atoms with Crippen LogP contribution < -0.4 is 0 Å². The predicted molar refractivity (Wildman–Crippen MR) is 110 cm³/mol.